The van der Waals surface area contributed by atoms with E-state index in [9.17, 15) is 4.79 Å². The van der Waals surface area contributed by atoms with Gasteiger partial charge in [0.05, 0.1) is 12.2 Å². The number of amides is 1. The molecule has 0 unspecified atom stereocenters. The second-order valence-corrected chi connectivity index (χ2v) is 9.21. The standard InChI is InChI=1S/C25H32N6O2/c1-3-30-9-8-17-10-18(12-27-24(17)30)25(32)28-20-5-6-22-16(11-20)4-7-23(29-22)31-13-19(15-33-2)21(26)14-31/h4,7-10,12,19-21H,3,5-6,11,13-15,26H2,1-2H3,(H,28,32)/t19-,20-,21-/m0/s1. The molecule has 1 aliphatic heterocycles. The quantitative estimate of drug-likeness (QED) is 0.600. The number of hydrogen-bond acceptors (Lipinski definition) is 6. The van der Waals surface area contributed by atoms with E-state index >= 15 is 0 Å². The van der Waals surface area contributed by atoms with Gasteiger partial charge in [-0.05, 0) is 49.9 Å². The fourth-order valence-corrected chi connectivity index (χ4v) is 5.10. The van der Waals surface area contributed by atoms with Crippen molar-refractivity contribution in [3.63, 3.8) is 0 Å². The third kappa shape index (κ3) is 4.32. The lowest BCUT2D eigenvalue weighted by molar-refractivity contribution is 0.0933. The number of methoxy groups -OCH3 is 1. The van der Waals surface area contributed by atoms with Gasteiger partial charge in [-0.15, -0.1) is 0 Å². The maximum Gasteiger partial charge on any atom is 0.253 e. The molecule has 0 spiro atoms. The minimum absolute atomic E-state index is 0.0677. The first-order chi connectivity index (χ1) is 16.1. The summed E-state index contributed by atoms with van der Waals surface area (Å²) in [7, 11) is 1.72. The third-order valence-corrected chi connectivity index (χ3v) is 6.99. The first kappa shape index (κ1) is 21.9. The van der Waals surface area contributed by atoms with Crippen LogP contribution in [0.2, 0.25) is 0 Å². The number of anilines is 1. The van der Waals surface area contributed by atoms with Crippen LogP contribution in [0, 0.1) is 5.92 Å². The van der Waals surface area contributed by atoms with Crippen LogP contribution < -0.4 is 16.0 Å². The van der Waals surface area contributed by atoms with E-state index in [-0.39, 0.29) is 18.0 Å². The molecule has 4 heterocycles. The molecule has 2 aliphatic rings. The number of nitrogens with zero attached hydrogens (tertiary/aromatic N) is 4. The number of nitrogens with two attached hydrogens (primary N) is 1. The molecule has 0 saturated carbocycles. The molecule has 3 N–H and O–H groups in total. The maximum atomic E-state index is 12.9. The lowest BCUT2D eigenvalue weighted by Crippen LogP contribution is -2.39. The minimum Gasteiger partial charge on any atom is -0.384 e. The van der Waals surface area contributed by atoms with Gasteiger partial charge in [-0.2, -0.15) is 0 Å². The van der Waals surface area contributed by atoms with Gasteiger partial charge in [0.25, 0.3) is 5.91 Å². The highest BCUT2D eigenvalue weighted by Crippen LogP contribution is 2.27. The van der Waals surface area contributed by atoms with Crippen molar-refractivity contribution in [1.82, 2.24) is 19.9 Å². The topological polar surface area (TPSA) is 98.3 Å². The normalized spacial score (nSPS) is 22.5. The molecular weight excluding hydrogens is 416 g/mol. The number of fused-ring (bicyclic) bond motifs is 2. The number of carbonyl (C=O) groups is 1. The number of hydrogen-bond donors (Lipinski definition) is 2. The van der Waals surface area contributed by atoms with Crippen molar-refractivity contribution in [3.8, 4) is 0 Å². The van der Waals surface area contributed by atoms with Gasteiger partial charge in [0.2, 0.25) is 0 Å². The Morgan fingerprint density at radius 2 is 2.18 bits per heavy atom. The lowest BCUT2D eigenvalue weighted by atomic mass is 9.91. The molecule has 5 rings (SSSR count). The minimum atomic E-state index is -0.0677. The highest BCUT2D eigenvalue weighted by molar-refractivity contribution is 5.97. The largest absolute Gasteiger partial charge is 0.384 e. The van der Waals surface area contributed by atoms with E-state index < -0.39 is 0 Å². The van der Waals surface area contributed by atoms with Crippen LogP contribution in [0.4, 0.5) is 5.82 Å². The van der Waals surface area contributed by atoms with Crippen molar-refractivity contribution in [2.45, 2.75) is 44.8 Å². The second-order valence-electron chi connectivity index (χ2n) is 9.21. The Balaban J connectivity index is 1.24. The summed E-state index contributed by atoms with van der Waals surface area (Å²) in [5, 5.41) is 4.19. The average molecular weight is 449 g/mol. The van der Waals surface area contributed by atoms with Gasteiger partial charge in [-0.25, -0.2) is 9.97 Å². The predicted octanol–water partition coefficient (Wildman–Crippen LogP) is 2.15. The summed E-state index contributed by atoms with van der Waals surface area (Å²) in [6.07, 6.45) is 6.20. The van der Waals surface area contributed by atoms with Gasteiger partial charge in [0.1, 0.15) is 11.5 Å². The number of aryl methyl sites for hydroxylation is 2. The fourth-order valence-electron chi connectivity index (χ4n) is 5.10. The zero-order chi connectivity index (χ0) is 22.9. The molecule has 1 amide bonds. The summed E-state index contributed by atoms with van der Waals surface area (Å²) in [5.74, 6) is 1.26. The Kier molecular flexibility index (Phi) is 6.03. The van der Waals surface area contributed by atoms with Crippen LogP contribution in [0.15, 0.2) is 36.7 Å². The SMILES string of the molecule is CCn1ccc2cc(C(=O)N[C@H]3CCc4nc(N5C[C@@H](COC)[C@@H](N)C5)ccc4C3)cnc21. The van der Waals surface area contributed by atoms with E-state index in [1.807, 2.05) is 18.3 Å². The number of nitrogens with one attached hydrogen (secondary N) is 1. The molecule has 1 fully saturated rings. The summed E-state index contributed by atoms with van der Waals surface area (Å²) in [4.78, 5) is 24.6. The lowest BCUT2D eigenvalue weighted by Gasteiger charge is -2.26. The van der Waals surface area contributed by atoms with Crippen molar-refractivity contribution in [1.29, 1.82) is 0 Å². The number of carbonyl (C=O) groups excluding carboxylic acids is 1. The Bertz CT molecular complexity index is 1160. The predicted molar refractivity (Wildman–Crippen MR) is 128 cm³/mol. The van der Waals surface area contributed by atoms with Gasteiger partial charge >= 0.3 is 0 Å². The van der Waals surface area contributed by atoms with Crippen molar-refractivity contribution in [2.24, 2.45) is 11.7 Å². The number of aromatic nitrogens is 3. The zero-order valence-corrected chi connectivity index (χ0v) is 19.3. The van der Waals surface area contributed by atoms with Crippen LogP contribution in [0.5, 0.6) is 0 Å². The van der Waals surface area contributed by atoms with Crippen LogP contribution in [-0.4, -0.2) is 59.3 Å². The highest BCUT2D eigenvalue weighted by atomic mass is 16.5. The van der Waals surface area contributed by atoms with E-state index in [1.165, 1.54) is 5.56 Å². The van der Waals surface area contributed by atoms with E-state index in [0.29, 0.717) is 18.1 Å². The molecule has 0 radical (unpaired) electrons. The molecule has 174 valence electrons. The zero-order valence-electron chi connectivity index (χ0n) is 19.3. The van der Waals surface area contributed by atoms with E-state index in [4.69, 9.17) is 15.5 Å². The van der Waals surface area contributed by atoms with Crippen molar-refractivity contribution in [2.75, 3.05) is 31.7 Å². The Morgan fingerprint density at radius 1 is 1.30 bits per heavy atom. The number of rotatable bonds is 6. The van der Waals surface area contributed by atoms with Gasteiger partial charge in [-0.3, -0.25) is 4.79 Å². The maximum absolute atomic E-state index is 12.9. The fraction of sp³-hybridized carbons (Fsp3) is 0.480. The molecule has 33 heavy (non-hydrogen) atoms. The molecular formula is C25H32N6O2. The van der Waals surface area contributed by atoms with Crippen molar-refractivity contribution in [3.05, 3.63) is 53.5 Å². The van der Waals surface area contributed by atoms with E-state index in [0.717, 1.165) is 61.4 Å². The summed E-state index contributed by atoms with van der Waals surface area (Å²) >= 11 is 0. The van der Waals surface area contributed by atoms with E-state index in [2.05, 4.69) is 38.8 Å². The Labute approximate surface area is 194 Å². The van der Waals surface area contributed by atoms with Gasteiger partial charge in [0.15, 0.2) is 0 Å². The average Bonchev–Trinajstić information content (AvgIpc) is 3.41. The summed E-state index contributed by atoms with van der Waals surface area (Å²) in [5.41, 5.74) is 10.1. The van der Waals surface area contributed by atoms with Crippen molar-refractivity contribution < 1.29 is 9.53 Å². The smallest absolute Gasteiger partial charge is 0.253 e. The summed E-state index contributed by atoms with van der Waals surface area (Å²) in [6, 6.07) is 8.38. The van der Waals surface area contributed by atoms with Gasteiger partial charge < -0.3 is 25.3 Å². The molecule has 0 aromatic carbocycles. The van der Waals surface area contributed by atoms with Crippen LogP contribution in [0.3, 0.4) is 0 Å². The van der Waals surface area contributed by atoms with Crippen LogP contribution in [-0.2, 0) is 24.1 Å². The molecule has 3 aromatic rings. The molecule has 8 nitrogen and oxygen atoms in total. The molecule has 1 aliphatic carbocycles. The van der Waals surface area contributed by atoms with Crippen molar-refractivity contribution >= 4 is 22.8 Å². The van der Waals surface area contributed by atoms with Crippen LogP contribution >= 0.6 is 0 Å². The first-order valence-corrected chi connectivity index (χ1v) is 11.8. The molecule has 3 atom stereocenters. The van der Waals surface area contributed by atoms with E-state index in [1.54, 1.807) is 13.3 Å². The van der Waals surface area contributed by atoms with Crippen LogP contribution in [0.1, 0.15) is 35.0 Å². The summed E-state index contributed by atoms with van der Waals surface area (Å²) in [6.45, 7) is 5.30. The molecule has 0 bridgehead atoms. The van der Waals surface area contributed by atoms with Gasteiger partial charge in [-0.1, -0.05) is 6.07 Å². The highest BCUT2D eigenvalue weighted by Gasteiger charge is 2.31. The van der Waals surface area contributed by atoms with Gasteiger partial charge in [0, 0.05) is 68.2 Å². The third-order valence-electron chi connectivity index (χ3n) is 6.99. The molecule has 8 heteroatoms. The number of pyridine rings is 2. The molecule has 3 aromatic heterocycles. The van der Waals surface area contributed by atoms with Crippen LogP contribution in [0.25, 0.3) is 11.0 Å². The first-order valence-electron chi connectivity index (χ1n) is 11.8. The molecule has 1 saturated heterocycles. The summed E-state index contributed by atoms with van der Waals surface area (Å²) < 4.78 is 7.38. The number of ether oxygens (including phenoxy) is 1. The monoisotopic (exact) mass is 448 g/mol. The Hall–Kier alpha value is -2.97. The Morgan fingerprint density at radius 3 is 3.00 bits per heavy atom. The second kappa shape index (κ2) is 9.11.